The molecule has 3 atom stereocenters. The largest absolute Gasteiger partial charge is 0.433 e. The van der Waals surface area contributed by atoms with Crippen LogP contribution in [0.15, 0.2) is 35.5 Å². The Bertz CT molecular complexity index is 1590. The Labute approximate surface area is 202 Å². The maximum atomic E-state index is 13.0. The third-order valence-electron chi connectivity index (χ3n) is 6.41. The fourth-order valence-electron chi connectivity index (χ4n) is 4.29. The summed E-state index contributed by atoms with van der Waals surface area (Å²) >= 11 is 0. The average molecular weight is 490 g/mol. The number of terminal acetylenes is 1. The molecule has 1 N–H and O–H groups in total. The Balaban J connectivity index is 1.55. The van der Waals surface area contributed by atoms with Crippen molar-refractivity contribution in [2.24, 2.45) is 0 Å². The maximum Gasteiger partial charge on any atom is 0.433 e. The van der Waals surface area contributed by atoms with Gasteiger partial charge in [0.25, 0.3) is 5.56 Å². The van der Waals surface area contributed by atoms with E-state index < -0.39 is 23.5 Å². The summed E-state index contributed by atoms with van der Waals surface area (Å²) in [6, 6.07) is 3.41. The molecule has 1 fully saturated rings. The van der Waals surface area contributed by atoms with Crippen molar-refractivity contribution in [1.29, 1.82) is 5.26 Å². The summed E-state index contributed by atoms with van der Waals surface area (Å²) in [6.07, 6.45) is 6.54. The third-order valence-corrected chi connectivity index (χ3v) is 6.41. The molecule has 12 heteroatoms. The normalized spacial score (nSPS) is 18.3. The summed E-state index contributed by atoms with van der Waals surface area (Å²) in [5.74, 6) is 3.20. The van der Waals surface area contributed by atoms with Crippen molar-refractivity contribution < 1.29 is 13.2 Å². The highest BCUT2D eigenvalue weighted by molar-refractivity contribution is 5.80. The molecular weight excluding hydrogens is 473 g/mol. The van der Waals surface area contributed by atoms with Gasteiger partial charge in [-0.1, -0.05) is 12.0 Å². The van der Waals surface area contributed by atoms with E-state index in [9.17, 15) is 23.2 Å². The van der Waals surface area contributed by atoms with Crippen LogP contribution in [0, 0.1) is 23.7 Å². The van der Waals surface area contributed by atoms with Crippen molar-refractivity contribution in [3.63, 3.8) is 0 Å². The molecule has 0 spiro atoms. The van der Waals surface area contributed by atoms with Gasteiger partial charge in [0.1, 0.15) is 28.8 Å². The van der Waals surface area contributed by atoms with E-state index in [-0.39, 0.29) is 28.6 Å². The Kier molecular flexibility index (Phi) is 5.52. The van der Waals surface area contributed by atoms with Crippen LogP contribution < -0.4 is 5.56 Å². The fraction of sp³-hybridized carbons (Fsp3) is 0.292. The van der Waals surface area contributed by atoms with Crippen LogP contribution in [0.5, 0.6) is 0 Å². The number of alkyl halides is 3. The zero-order valence-corrected chi connectivity index (χ0v) is 18.8. The Morgan fingerprint density at radius 2 is 1.89 bits per heavy atom. The van der Waals surface area contributed by atoms with Crippen molar-refractivity contribution >= 4 is 11.0 Å². The van der Waals surface area contributed by atoms with E-state index in [2.05, 4.69) is 35.9 Å². The molecule has 4 aromatic rings. The number of fused-ring (bicyclic) bond motifs is 1. The molecule has 0 bridgehead atoms. The quantitative estimate of drug-likeness (QED) is 0.434. The number of hydrogen-bond acceptors (Lipinski definition) is 7. The lowest BCUT2D eigenvalue weighted by atomic mass is 9.72. The molecule has 36 heavy (non-hydrogen) atoms. The van der Waals surface area contributed by atoms with Crippen LogP contribution in [0.25, 0.3) is 11.0 Å². The molecule has 180 valence electrons. The first-order valence-corrected chi connectivity index (χ1v) is 11.0. The molecule has 0 radical (unpaired) electrons. The molecule has 4 heterocycles. The van der Waals surface area contributed by atoms with Gasteiger partial charge in [0.05, 0.1) is 11.6 Å². The van der Waals surface area contributed by atoms with E-state index in [4.69, 9.17) is 6.42 Å². The molecule has 0 aromatic carbocycles. The number of nitriles is 1. The zero-order chi connectivity index (χ0) is 25.6. The minimum absolute atomic E-state index is 0.0125. The van der Waals surface area contributed by atoms with E-state index in [1.807, 2.05) is 6.07 Å². The van der Waals surface area contributed by atoms with Gasteiger partial charge in [-0.3, -0.25) is 9.78 Å². The number of aromatic nitrogens is 7. The number of H-pyrrole nitrogens is 1. The molecule has 0 amide bonds. The third kappa shape index (κ3) is 3.86. The summed E-state index contributed by atoms with van der Waals surface area (Å²) in [7, 11) is 0. The van der Waals surface area contributed by atoms with Crippen LogP contribution in [0.1, 0.15) is 71.8 Å². The molecule has 9 nitrogen and oxygen atoms in total. The highest BCUT2D eigenvalue weighted by Crippen LogP contribution is 2.46. The number of nitrogens with zero attached hydrogens (tertiary/aromatic N) is 7. The highest BCUT2D eigenvalue weighted by Gasteiger charge is 2.38. The molecule has 5 rings (SSSR count). The first-order chi connectivity index (χ1) is 17.2. The van der Waals surface area contributed by atoms with Gasteiger partial charge in [0.15, 0.2) is 11.3 Å². The number of pyridine rings is 1. The zero-order valence-electron chi connectivity index (χ0n) is 18.8. The number of halogens is 3. The fourth-order valence-corrected chi connectivity index (χ4v) is 4.29. The van der Waals surface area contributed by atoms with Crippen molar-refractivity contribution in [3.05, 3.63) is 75.2 Å². The SMILES string of the molecule is C#Cc1cnc([C@H]2CC[C@@H]2c2nc3c(c(C#N)nn3C(C)c3ccc(C(F)(F)F)nc3)c(=O)[nH]2)nc1. The number of rotatable bonds is 4. The lowest BCUT2D eigenvalue weighted by molar-refractivity contribution is -0.141. The lowest BCUT2D eigenvalue weighted by Crippen LogP contribution is -2.28. The minimum atomic E-state index is -4.57. The monoisotopic (exact) mass is 490 g/mol. The second-order valence-electron chi connectivity index (χ2n) is 8.47. The van der Waals surface area contributed by atoms with Crippen LogP contribution >= 0.6 is 0 Å². The number of aromatic amines is 1. The summed E-state index contributed by atoms with van der Waals surface area (Å²) in [5, 5.41) is 13.8. The molecule has 1 aliphatic rings. The Morgan fingerprint density at radius 1 is 1.17 bits per heavy atom. The smallest absolute Gasteiger partial charge is 0.310 e. The van der Waals surface area contributed by atoms with Crippen LogP contribution in [0.2, 0.25) is 0 Å². The first-order valence-electron chi connectivity index (χ1n) is 11.0. The average Bonchev–Trinajstić information content (AvgIpc) is 3.22. The van der Waals surface area contributed by atoms with E-state index in [1.165, 1.54) is 10.7 Å². The van der Waals surface area contributed by atoms with Gasteiger partial charge in [-0.25, -0.2) is 19.6 Å². The highest BCUT2D eigenvalue weighted by atomic mass is 19.4. The molecule has 1 unspecified atom stereocenters. The van der Waals surface area contributed by atoms with E-state index in [0.717, 1.165) is 25.1 Å². The second kappa shape index (κ2) is 8.57. The van der Waals surface area contributed by atoms with Gasteiger partial charge in [0, 0.05) is 30.4 Å². The minimum Gasteiger partial charge on any atom is -0.310 e. The molecular formula is C24H17F3N8O. The van der Waals surface area contributed by atoms with Gasteiger partial charge in [-0.05, 0) is 31.4 Å². The predicted octanol–water partition coefficient (Wildman–Crippen LogP) is 3.45. The van der Waals surface area contributed by atoms with Crippen LogP contribution in [-0.2, 0) is 6.18 Å². The standard InChI is InChI=1S/C24H17F3N8O/c1-3-13-9-30-20(31-10-13)15-5-6-16(15)21-32-22-19(23(36)33-21)17(8-28)34-35(22)12(2)14-4-7-18(29-11-14)24(25,26)27/h1,4,7,9-12,15-16H,5-6H2,2H3,(H,32,33,36)/t12?,15-,16-/m0/s1. The van der Waals surface area contributed by atoms with E-state index in [1.54, 1.807) is 19.3 Å². The lowest BCUT2D eigenvalue weighted by Gasteiger charge is -2.34. The van der Waals surface area contributed by atoms with E-state index in [0.29, 0.717) is 22.8 Å². The van der Waals surface area contributed by atoms with Crippen molar-refractivity contribution in [2.75, 3.05) is 0 Å². The maximum absolute atomic E-state index is 13.0. The second-order valence-corrected chi connectivity index (χ2v) is 8.47. The summed E-state index contributed by atoms with van der Waals surface area (Å²) < 4.78 is 40.1. The van der Waals surface area contributed by atoms with Gasteiger partial charge < -0.3 is 4.98 Å². The van der Waals surface area contributed by atoms with Crippen molar-refractivity contribution in [3.8, 4) is 18.4 Å². The topological polar surface area (TPSA) is 126 Å². The van der Waals surface area contributed by atoms with Gasteiger partial charge >= 0.3 is 6.18 Å². The molecule has 0 aliphatic heterocycles. The van der Waals surface area contributed by atoms with Gasteiger partial charge in [-0.2, -0.15) is 23.5 Å². The Hall–Kier alpha value is -4.58. The molecule has 0 saturated heterocycles. The van der Waals surface area contributed by atoms with Crippen LogP contribution in [0.3, 0.4) is 0 Å². The van der Waals surface area contributed by atoms with Crippen molar-refractivity contribution in [2.45, 2.75) is 43.8 Å². The molecule has 1 saturated carbocycles. The van der Waals surface area contributed by atoms with Crippen LogP contribution in [-0.4, -0.2) is 34.7 Å². The molecule has 4 aromatic heterocycles. The van der Waals surface area contributed by atoms with Gasteiger partial charge in [-0.15, -0.1) is 6.42 Å². The number of hydrogen-bond donors (Lipinski definition) is 1. The number of nitrogens with one attached hydrogen (secondary N) is 1. The first kappa shape index (κ1) is 23.2. The summed E-state index contributed by atoms with van der Waals surface area (Å²) in [5.41, 5.74) is -0.551. The van der Waals surface area contributed by atoms with Crippen molar-refractivity contribution in [1.82, 2.24) is 34.7 Å². The summed E-state index contributed by atoms with van der Waals surface area (Å²) in [6.45, 7) is 1.67. The van der Waals surface area contributed by atoms with E-state index >= 15 is 0 Å². The molecule has 1 aliphatic carbocycles. The van der Waals surface area contributed by atoms with Crippen LogP contribution in [0.4, 0.5) is 13.2 Å². The van der Waals surface area contributed by atoms with Gasteiger partial charge in [0.2, 0.25) is 0 Å². The predicted molar refractivity (Wildman–Crippen MR) is 121 cm³/mol. The summed E-state index contributed by atoms with van der Waals surface area (Å²) in [4.78, 5) is 32.6. The Morgan fingerprint density at radius 3 is 2.44 bits per heavy atom.